The Balaban J connectivity index is 2.25. The Morgan fingerprint density at radius 3 is 2.73 bits per heavy atom. The van der Waals surface area contributed by atoms with Gasteiger partial charge in [0.25, 0.3) is 0 Å². The van der Waals surface area contributed by atoms with Gasteiger partial charge >= 0.3 is 0 Å². The summed E-state index contributed by atoms with van der Waals surface area (Å²) < 4.78 is 10.9. The van der Waals surface area contributed by atoms with Crippen molar-refractivity contribution in [1.82, 2.24) is 10.6 Å². The molecular formula is C16H26ClN3O2. The first-order chi connectivity index (χ1) is 10.8. The van der Waals surface area contributed by atoms with Crippen LogP contribution >= 0.6 is 11.6 Å². The number of halogens is 1. The molecule has 0 aliphatic rings. The van der Waals surface area contributed by atoms with Crippen LogP contribution in [0.5, 0.6) is 5.75 Å². The normalized spacial score (nSPS) is 11.3. The molecule has 2 N–H and O–H groups in total. The predicted molar refractivity (Wildman–Crippen MR) is 92.0 cm³/mol. The molecule has 0 unspecified atom stereocenters. The molecule has 0 aliphatic heterocycles. The molecule has 0 saturated carbocycles. The van der Waals surface area contributed by atoms with Crippen molar-refractivity contribution in [3.8, 4) is 5.75 Å². The fraction of sp³-hybridized carbons (Fsp3) is 0.562. The van der Waals surface area contributed by atoms with E-state index in [9.17, 15) is 0 Å². The standard InChI is InChI=1S/C16H26ClN3O2/c1-3-18-16(19-10-7-12-21-4-2)20-11-13-22-15-9-6-5-8-14(15)17/h5-6,8-9H,3-4,7,10-13H2,1-2H3,(H2,18,19,20). The van der Waals surface area contributed by atoms with Crippen molar-refractivity contribution < 1.29 is 9.47 Å². The number of benzene rings is 1. The van der Waals surface area contributed by atoms with Crippen LogP contribution < -0.4 is 15.4 Å². The average molecular weight is 328 g/mol. The SMILES string of the molecule is CCNC(=NCCCOCC)NCCOc1ccccc1Cl. The van der Waals surface area contributed by atoms with E-state index in [-0.39, 0.29) is 0 Å². The highest BCUT2D eigenvalue weighted by molar-refractivity contribution is 6.32. The molecule has 0 amide bonds. The maximum atomic E-state index is 6.03. The summed E-state index contributed by atoms with van der Waals surface area (Å²) in [6, 6.07) is 7.45. The summed E-state index contributed by atoms with van der Waals surface area (Å²) in [5.74, 6) is 1.49. The Morgan fingerprint density at radius 1 is 1.18 bits per heavy atom. The van der Waals surface area contributed by atoms with Gasteiger partial charge in [-0.2, -0.15) is 0 Å². The zero-order valence-corrected chi connectivity index (χ0v) is 14.2. The van der Waals surface area contributed by atoms with Gasteiger partial charge in [0.2, 0.25) is 0 Å². The maximum absolute atomic E-state index is 6.03. The number of nitrogens with one attached hydrogen (secondary N) is 2. The minimum Gasteiger partial charge on any atom is -0.490 e. The smallest absolute Gasteiger partial charge is 0.191 e. The van der Waals surface area contributed by atoms with Crippen LogP contribution in [-0.2, 0) is 4.74 Å². The molecule has 1 aromatic carbocycles. The van der Waals surface area contributed by atoms with Crippen LogP contribution in [0.4, 0.5) is 0 Å². The highest BCUT2D eigenvalue weighted by Crippen LogP contribution is 2.22. The minimum atomic E-state index is 0.521. The van der Waals surface area contributed by atoms with Gasteiger partial charge < -0.3 is 20.1 Å². The molecule has 6 heteroatoms. The average Bonchev–Trinajstić information content (AvgIpc) is 2.52. The summed E-state index contributed by atoms with van der Waals surface area (Å²) in [6.07, 6.45) is 0.917. The lowest BCUT2D eigenvalue weighted by Crippen LogP contribution is -2.39. The molecule has 0 saturated heterocycles. The first-order valence-corrected chi connectivity index (χ1v) is 8.13. The largest absolute Gasteiger partial charge is 0.490 e. The zero-order valence-electron chi connectivity index (χ0n) is 13.4. The summed E-state index contributed by atoms with van der Waals surface area (Å²) in [5, 5.41) is 7.06. The van der Waals surface area contributed by atoms with E-state index in [4.69, 9.17) is 21.1 Å². The lowest BCUT2D eigenvalue weighted by atomic mass is 10.3. The number of hydrogen-bond acceptors (Lipinski definition) is 3. The van der Waals surface area contributed by atoms with Crippen molar-refractivity contribution in [2.45, 2.75) is 20.3 Å². The number of guanidine groups is 1. The molecule has 124 valence electrons. The van der Waals surface area contributed by atoms with Crippen LogP contribution in [-0.4, -0.2) is 45.4 Å². The van der Waals surface area contributed by atoms with E-state index in [1.165, 1.54) is 0 Å². The fourth-order valence-corrected chi connectivity index (χ4v) is 1.93. The number of hydrogen-bond donors (Lipinski definition) is 2. The lowest BCUT2D eigenvalue weighted by molar-refractivity contribution is 0.146. The first kappa shape index (κ1) is 18.6. The van der Waals surface area contributed by atoms with E-state index in [0.29, 0.717) is 23.9 Å². The number of aliphatic imine (C=N–C) groups is 1. The molecule has 0 atom stereocenters. The van der Waals surface area contributed by atoms with Crippen LogP contribution in [0.15, 0.2) is 29.3 Å². The molecule has 0 spiro atoms. The van der Waals surface area contributed by atoms with E-state index in [0.717, 1.165) is 38.7 Å². The Kier molecular flexibility index (Phi) is 10.2. The summed E-state index contributed by atoms with van der Waals surface area (Å²) >= 11 is 6.03. The van der Waals surface area contributed by atoms with E-state index < -0.39 is 0 Å². The van der Waals surface area contributed by atoms with Gasteiger partial charge in [-0.15, -0.1) is 0 Å². The maximum Gasteiger partial charge on any atom is 0.191 e. The second-order valence-corrected chi connectivity index (χ2v) is 4.92. The van der Waals surface area contributed by atoms with Gasteiger partial charge in [-0.05, 0) is 32.4 Å². The van der Waals surface area contributed by atoms with Gasteiger partial charge in [0, 0.05) is 26.3 Å². The Labute approximate surface area is 138 Å². The van der Waals surface area contributed by atoms with Crippen molar-refractivity contribution in [1.29, 1.82) is 0 Å². The molecule has 0 fully saturated rings. The van der Waals surface area contributed by atoms with E-state index in [1.807, 2.05) is 38.1 Å². The Bertz CT molecular complexity index is 441. The molecule has 0 aliphatic carbocycles. The van der Waals surface area contributed by atoms with Gasteiger partial charge in [0.15, 0.2) is 5.96 Å². The number of para-hydroxylation sites is 1. The predicted octanol–water partition coefficient (Wildman–Crippen LogP) is 2.70. The zero-order chi connectivity index (χ0) is 16.0. The monoisotopic (exact) mass is 327 g/mol. The minimum absolute atomic E-state index is 0.521. The number of ether oxygens (including phenoxy) is 2. The van der Waals surface area contributed by atoms with E-state index in [2.05, 4.69) is 15.6 Å². The molecule has 0 heterocycles. The quantitative estimate of drug-likeness (QED) is 0.394. The van der Waals surface area contributed by atoms with Gasteiger partial charge in [-0.3, -0.25) is 4.99 Å². The molecule has 0 aromatic heterocycles. The Morgan fingerprint density at radius 2 is 2.00 bits per heavy atom. The highest BCUT2D eigenvalue weighted by Gasteiger charge is 2.00. The van der Waals surface area contributed by atoms with Gasteiger partial charge in [-0.25, -0.2) is 0 Å². The van der Waals surface area contributed by atoms with Crippen LogP contribution in [0, 0.1) is 0 Å². The van der Waals surface area contributed by atoms with E-state index >= 15 is 0 Å². The van der Waals surface area contributed by atoms with Crippen molar-refractivity contribution in [3.05, 3.63) is 29.3 Å². The van der Waals surface area contributed by atoms with Crippen molar-refractivity contribution >= 4 is 17.6 Å². The summed E-state index contributed by atoms with van der Waals surface area (Å²) in [7, 11) is 0. The summed E-state index contributed by atoms with van der Waals surface area (Å²) in [5.41, 5.74) is 0. The fourth-order valence-electron chi connectivity index (χ4n) is 1.74. The third-order valence-electron chi connectivity index (χ3n) is 2.75. The summed E-state index contributed by atoms with van der Waals surface area (Å²) in [6.45, 7) is 8.26. The Hall–Kier alpha value is -1.46. The second kappa shape index (κ2) is 12.1. The van der Waals surface area contributed by atoms with Gasteiger partial charge in [-0.1, -0.05) is 23.7 Å². The van der Waals surface area contributed by atoms with Gasteiger partial charge in [0.05, 0.1) is 11.6 Å². The molecular weight excluding hydrogens is 302 g/mol. The third-order valence-corrected chi connectivity index (χ3v) is 3.07. The molecule has 1 aromatic rings. The topological polar surface area (TPSA) is 54.9 Å². The summed E-state index contributed by atoms with van der Waals surface area (Å²) in [4.78, 5) is 4.48. The van der Waals surface area contributed by atoms with Crippen molar-refractivity contribution in [2.24, 2.45) is 4.99 Å². The van der Waals surface area contributed by atoms with Crippen molar-refractivity contribution in [2.75, 3.05) is 39.5 Å². The highest BCUT2D eigenvalue weighted by atomic mass is 35.5. The molecule has 1 rings (SSSR count). The second-order valence-electron chi connectivity index (χ2n) is 4.52. The van der Waals surface area contributed by atoms with Crippen LogP contribution in [0.2, 0.25) is 5.02 Å². The van der Waals surface area contributed by atoms with Crippen LogP contribution in [0.1, 0.15) is 20.3 Å². The van der Waals surface area contributed by atoms with Crippen LogP contribution in [0.3, 0.4) is 0 Å². The van der Waals surface area contributed by atoms with Gasteiger partial charge in [0.1, 0.15) is 12.4 Å². The third kappa shape index (κ3) is 8.10. The molecule has 22 heavy (non-hydrogen) atoms. The lowest BCUT2D eigenvalue weighted by Gasteiger charge is -2.12. The number of nitrogens with zero attached hydrogens (tertiary/aromatic N) is 1. The first-order valence-electron chi connectivity index (χ1n) is 7.75. The van der Waals surface area contributed by atoms with Crippen molar-refractivity contribution in [3.63, 3.8) is 0 Å². The molecule has 5 nitrogen and oxygen atoms in total. The molecule has 0 radical (unpaired) electrons. The van der Waals surface area contributed by atoms with Crippen LogP contribution in [0.25, 0.3) is 0 Å². The molecule has 0 bridgehead atoms. The number of rotatable bonds is 10. The van der Waals surface area contributed by atoms with E-state index in [1.54, 1.807) is 0 Å².